The van der Waals surface area contributed by atoms with Gasteiger partial charge in [-0.05, 0) is 29.7 Å². The summed E-state index contributed by atoms with van der Waals surface area (Å²) in [7, 11) is 0. The minimum atomic E-state index is -0.212. The Labute approximate surface area is 141 Å². The van der Waals surface area contributed by atoms with E-state index in [1.807, 2.05) is 47.4 Å². The van der Waals surface area contributed by atoms with E-state index in [2.05, 4.69) is 4.98 Å². The normalized spacial score (nSPS) is 15.8. The second-order valence-corrected chi connectivity index (χ2v) is 5.99. The number of aromatic nitrogens is 1. The number of piperazine rings is 1. The Morgan fingerprint density at radius 1 is 1.04 bits per heavy atom. The summed E-state index contributed by atoms with van der Waals surface area (Å²) < 4.78 is 0. The van der Waals surface area contributed by atoms with Gasteiger partial charge in [0, 0.05) is 38.6 Å². The van der Waals surface area contributed by atoms with Crippen LogP contribution in [0.15, 0.2) is 54.9 Å². The topological polar surface area (TPSA) is 53.5 Å². The number of carbonyl (C=O) groups excluding carboxylic acids is 2. The zero-order chi connectivity index (χ0) is 16.8. The van der Waals surface area contributed by atoms with Crippen molar-refractivity contribution in [3.05, 3.63) is 66.0 Å². The number of rotatable bonds is 5. The molecule has 5 nitrogen and oxygen atoms in total. The van der Waals surface area contributed by atoms with Crippen LogP contribution in [-0.2, 0) is 16.0 Å². The van der Waals surface area contributed by atoms with Gasteiger partial charge in [0.25, 0.3) is 0 Å². The lowest BCUT2D eigenvalue weighted by Crippen LogP contribution is -2.49. The Bertz CT molecular complexity index is 668. The molecule has 24 heavy (non-hydrogen) atoms. The Morgan fingerprint density at radius 3 is 2.33 bits per heavy atom. The second-order valence-electron chi connectivity index (χ2n) is 5.99. The summed E-state index contributed by atoms with van der Waals surface area (Å²) in [5.74, 6) is -0.0834. The minimum absolute atomic E-state index is 0.128. The van der Waals surface area contributed by atoms with Gasteiger partial charge in [0.2, 0.25) is 12.3 Å². The monoisotopic (exact) mass is 323 g/mol. The molecule has 0 aliphatic carbocycles. The summed E-state index contributed by atoms with van der Waals surface area (Å²) in [4.78, 5) is 31.6. The molecule has 3 rings (SSSR count). The van der Waals surface area contributed by atoms with Gasteiger partial charge >= 0.3 is 0 Å². The molecule has 2 amide bonds. The smallest absolute Gasteiger partial charge is 0.230 e. The van der Waals surface area contributed by atoms with E-state index in [1.165, 1.54) is 0 Å². The summed E-state index contributed by atoms with van der Waals surface area (Å²) in [5.41, 5.74) is 2.12. The van der Waals surface area contributed by atoms with Crippen molar-refractivity contribution >= 4 is 12.3 Å². The molecule has 0 bridgehead atoms. The maximum absolute atomic E-state index is 13.1. The molecule has 1 aliphatic heterocycles. The quantitative estimate of drug-likeness (QED) is 0.787. The first-order chi connectivity index (χ1) is 11.8. The fourth-order valence-corrected chi connectivity index (χ4v) is 3.06. The maximum atomic E-state index is 13.1. The van der Waals surface area contributed by atoms with Crippen molar-refractivity contribution in [2.75, 3.05) is 26.2 Å². The average Bonchev–Trinajstić information content (AvgIpc) is 2.67. The van der Waals surface area contributed by atoms with E-state index in [0.29, 0.717) is 32.6 Å². The van der Waals surface area contributed by atoms with Crippen LogP contribution in [-0.4, -0.2) is 53.3 Å². The molecular weight excluding hydrogens is 302 g/mol. The molecule has 0 saturated carbocycles. The van der Waals surface area contributed by atoms with Gasteiger partial charge in [-0.2, -0.15) is 0 Å². The lowest BCUT2D eigenvalue weighted by atomic mass is 9.91. The number of benzene rings is 1. The second kappa shape index (κ2) is 7.73. The van der Waals surface area contributed by atoms with Crippen molar-refractivity contribution in [1.29, 1.82) is 0 Å². The van der Waals surface area contributed by atoms with Crippen molar-refractivity contribution < 1.29 is 9.59 Å². The first-order valence-electron chi connectivity index (χ1n) is 8.20. The highest BCUT2D eigenvalue weighted by Crippen LogP contribution is 2.24. The first kappa shape index (κ1) is 16.2. The van der Waals surface area contributed by atoms with Crippen LogP contribution in [0.2, 0.25) is 0 Å². The van der Waals surface area contributed by atoms with Crippen LogP contribution in [0.5, 0.6) is 0 Å². The Hall–Kier alpha value is -2.69. The van der Waals surface area contributed by atoms with E-state index in [4.69, 9.17) is 0 Å². The average molecular weight is 323 g/mol. The number of hydrogen-bond acceptors (Lipinski definition) is 3. The van der Waals surface area contributed by atoms with E-state index < -0.39 is 0 Å². The summed E-state index contributed by atoms with van der Waals surface area (Å²) in [6, 6.07) is 13.8. The molecule has 1 saturated heterocycles. The third-order valence-corrected chi connectivity index (χ3v) is 4.46. The number of pyridine rings is 1. The number of nitrogens with zero attached hydrogens (tertiary/aromatic N) is 3. The number of hydrogen-bond donors (Lipinski definition) is 0. The molecule has 124 valence electrons. The molecule has 1 aromatic heterocycles. The summed E-state index contributed by atoms with van der Waals surface area (Å²) in [6.07, 6.45) is 5.02. The zero-order valence-corrected chi connectivity index (χ0v) is 13.5. The fraction of sp³-hybridized carbons (Fsp3) is 0.316. The van der Waals surface area contributed by atoms with E-state index >= 15 is 0 Å². The molecular formula is C19H21N3O2. The van der Waals surface area contributed by atoms with Gasteiger partial charge in [-0.15, -0.1) is 0 Å². The van der Waals surface area contributed by atoms with Crippen molar-refractivity contribution in [3.63, 3.8) is 0 Å². The maximum Gasteiger partial charge on any atom is 0.230 e. The van der Waals surface area contributed by atoms with Gasteiger partial charge in [-0.25, -0.2) is 0 Å². The Balaban J connectivity index is 1.79. The summed E-state index contributed by atoms with van der Waals surface area (Å²) in [5, 5.41) is 0. The number of carbonyl (C=O) groups is 2. The van der Waals surface area contributed by atoms with E-state index in [1.54, 1.807) is 17.3 Å². The van der Waals surface area contributed by atoms with Gasteiger partial charge in [0.05, 0.1) is 5.92 Å². The Morgan fingerprint density at radius 2 is 1.71 bits per heavy atom. The van der Waals surface area contributed by atoms with Crippen molar-refractivity contribution in [2.24, 2.45) is 0 Å². The molecule has 0 radical (unpaired) electrons. The highest BCUT2D eigenvalue weighted by molar-refractivity contribution is 5.84. The van der Waals surface area contributed by atoms with Gasteiger partial charge in [0.15, 0.2) is 0 Å². The van der Waals surface area contributed by atoms with Gasteiger partial charge < -0.3 is 9.80 Å². The highest BCUT2D eigenvalue weighted by Gasteiger charge is 2.28. The predicted molar refractivity (Wildman–Crippen MR) is 91.3 cm³/mol. The van der Waals surface area contributed by atoms with Crippen LogP contribution in [0, 0.1) is 0 Å². The molecule has 0 spiro atoms. The Kier molecular flexibility index (Phi) is 5.21. The van der Waals surface area contributed by atoms with Crippen LogP contribution in [0.1, 0.15) is 17.0 Å². The minimum Gasteiger partial charge on any atom is -0.342 e. The molecule has 1 fully saturated rings. The molecule has 2 heterocycles. The lowest BCUT2D eigenvalue weighted by molar-refractivity contribution is -0.136. The zero-order valence-electron chi connectivity index (χ0n) is 13.5. The van der Waals surface area contributed by atoms with Crippen LogP contribution in [0.4, 0.5) is 0 Å². The molecule has 1 atom stereocenters. The third kappa shape index (κ3) is 3.79. The van der Waals surface area contributed by atoms with Crippen LogP contribution < -0.4 is 0 Å². The third-order valence-electron chi connectivity index (χ3n) is 4.46. The van der Waals surface area contributed by atoms with Crippen molar-refractivity contribution in [3.8, 4) is 0 Å². The van der Waals surface area contributed by atoms with Crippen molar-refractivity contribution in [1.82, 2.24) is 14.8 Å². The molecule has 2 aromatic rings. The van der Waals surface area contributed by atoms with E-state index in [-0.39, 0.29) is 11.8 Å². The molecule has 1 aliphatic rings. The summed E-state index contributed by atoms with van der Waals surface area (Å²) >= 11 is 0. The molecule has 0 N–H and O–H groups in total. The standard InChI is InChI=1S/C19H21N3O2/c23-15-21-10-12-22(13-11-21)19(24)18(17-4-2-1-3-5-17)14-16-6-8-20-9-7-16/h1-9,15,18H,10-14H2. The first-order valence-corrected chi connectivity index (χ1v) is 8.20. The fourth-order valence-electron chi connectivity index (χ4n) is 3.06. The van der Waals surface area contributed by atoms with Gasteiger partial charge in [0.1, 0.15) is 0 Å². The summed E-state index contributed by atoms with van der Waals surface area (Å²) in [6.45, 7) is 2.40. The molecule has 5 heteroatoms. The van der Waals surface area contributed by atoms with E-state index in [0.717, 1.165) is 17.5 Å². The number of amides is 2. The SMILES string of the molecule is O=CN1CCN(C(=O)C(Cc2ccncc2)c2ccccc2)CC1. The molecule has 1 unspecified atom stereocenters. The van der Waals surface area contributed by atoms with Gasteiger partial charge in [-0.3, -0.25) is 14.6 Å². The largest absolute Gasteiger partial charge is 0.342 e. The highest BCUT2D eigenvalue weighted by atomic mass is 16.2. The molecule has 1 aromatic carbocycles. The van der Waals surface area contributed by atoms with Gasteiger partial charge in [-0.1, -0.05) is 30.3 Å². The van der Waals surface area contributed by atoms with Crippen LogP contribution in [0.3, 0.4) is 0 Å². The van der Waals surface area contributed by atoms with Crippen LogP contribution in [0.25, 0.3) is 0 Å². The van der Waals surface area contributed by atoms with E-state index in [9.17, 15) is 9.59 Å². The predicted octanol–water partition coefficient (Wildman–Crippen LogP) is 1.71. The van der Waals surface area contributed by atoms with Crippen molar-refractivity contribution in [2.45, 2.75) is 12.3 Å². The lowest BCUT2D eigenvalue weighted by Gasteiger charge is -2.35. The van der Waals surface area contributed by atoms with Crippen LogP contribution >= 0.6 is 0 Å².